The van der Waals surface area contributed by atoms with E-state index in [2.05, 4.69) is 37.2 Å². The van der Waals surface area contributed by atoms with Crippen LogP contribution in [0.15, 0.2) is 0 Å². The van der Waals surface area contributed by atoms with Gasteiger partial charge < -0.3 is 10.1 Å². The van der Waals surface area contributed by atoms with Gasteiger partial charge in [-0.2, -0.15) is 0 Å². The summed E-state index contributed by atoms with van der Waals surface area (Å²) < 4.78 is 5.56. The minimum Gasteiger partial charge on any atom is -0.371 e. The Morgan fingerprint density at radius 1 is 1.07 bits per heavy atom. The first-order chi connectivity index (χ1) is 14.2. The molecule has 0 aromatic heterocycles. The Labute approximate surface area is 178 Å². The fourth-order valence-corrected chi connectivity index (χ4v) is 6.01. The Kier molecular flexibility index (Phi) is 8.04. The van der Waals surface area contributed by atoms with Gasteiger partial charge in [-0.1, -0.05) is 31.0 Å². The van der Waals surface area contributed by atoms with E-state index in [0.29, 0.717) is 18.1 Å². The van der Waals surface area contributed by atoms with Crippen LogP contribution >= 0.6 is 11.8 Å². The molecule has 3 saturated heterocycles. The minimum atomic E-state index is -0.343. The van der Waals surface area contributed by atoms with Crippen molar-refractivity contribution in [2.45, 2.75) is 80.7 Å². The zero-order chi connectivity index (χ0) is 20.1. The molecule has 5 atom stereocenters. The number of carbonyl (C=O) groups excluding carboxylic acids is 1. The Morgan fingerprint density at radius 3 is 2.66 bits per heavy atom. The van der Waals surface area contributed by atoms with Crippen LogP contribution in [0.5, 0.6) is 0 Å². The number of methoxy groups -OCH3 is 1. The number of carbonyl (C=O) groups is 1. The third-order valence-electron chi connectivity index (χ3n) is 6.58. The largest absolute Gasteiger partial charge is 0.371 e. The van der Waals surface area contributed by atoms with Crippen molar-refractivity contribution in [1.29, 1.82) is 0 Å². The highest BCUT2D eigenvalue weighted by Crippen LogP contribution is 2.28. The second-order valence-electron chi connectivity index (χ2n) is 8.62. The van der Waals surface area contributed by atoms with Crippen LogP contribution in [0.2, 0.25) is 0 Å². The van der Waals surface area contributed by atoms with Crippen molar-refractivity contribution >= 4 is 17.7 Å². The van der Waals surface area contributed by atoms with Gasteiger partial charge in [0.25, 0.3) is 5.91 Å². The summed E-state index contributed by atoms with van der Waals surface area (Å²) >= 11 is 1.67. The van der Waals surface area contributed by atoms with Crippen LogP contribution in [0, 0.1) is 5.92 Å². The molecule has 4 rings (SSSR count). The van der Waals surface area contributed by atoms with E-state index >= 15 is 0 Å². The lowest BCUT2D eigenvalue weighted by atomic mass is 9.85. The first kappa shape index (κ1) is 21.8. The third-order valence-corrected chi connectivity index (χ3v) is 7.61. The van der Waals surface area contributed by atoms with E-state index in [9.17, 15) is 4.79 Å². The number of rotatable bonds is 7. The fraction of sp³-hybridized carbons (Fsp3) is 0.947. The molecule has 3 heterocycles. The Hall–Kier alpha value is -0.460. The van der Waals surface area contributed by atoms with Crippen LogP contribution in [0.3, 0.4) is 0 Å². The molecule has 4 aliphatic rings. The smallest absolute Gasteiger partial charge is 0.251 e. The molecule has 0 radical (unpaired) electrons. The van der Waals surface area contributed by atoms with Gasteiger partial charge in [0.15, 0.2) is 0 Å². The summed E-state index contributed by atoms with van der Waals surface area (Å²) in [6.45, 7) is 3.21. The first-order valence-corrected chi connectivity index (χ1v) is 12.2. The summed E-state index contributed by atoms with van der Waals surface area (Å²) in [6, 6.07) is 0.453. The number of hydrogen-bond acceptors (Lipinski definition) is 9. The zero-order valence-electron chi connectivity index (χ0n) is 17.4. The molecule has 4 fully saturated rings. The predicted octanol–water partition coefficient (Wildman–Crippen LogP) is -0.0159. The molecule has 3 aliphatic heterocycles. The number of nitrogens with zero attached hydrogens (tertiary/aromatic N) is 1. The molecule has 10 heteroatoms. The quantitative estimate of drug-likeness (QED) is 0.335. The topological polar surface area (TPSA) is 102 Å². The minimum absolute atomic E-state index is 0.00485. The van der Waals surface area contributed by atoms with Crippen molar-refractivity contribution in [3.63, 3.8) is 0 Å². The van der Waals surface area contributed by atoms with Crippen LogP contribution < -0.4 is 32.3 Å². The number of nitrogens with one attached hydrogen (secondary N) is 6. The highest BCUT2D eigenvalue weighted by Gasteiger charge is 2.35. The summed E-state index contributed by atoms with van der Waals surface area (Å²) in [4.78, 5) is 15.3. The lowest BCUT2D eigenvalue weighted by Gasteiger charge is -2.32. The summed E-state index contributed by atoms with van der Waals surface area (Å²) in [5, 5.41) is 6.77. The Balaban J connectivity index is 1.18. The molecule has 1 aliphatic carbocycles. The average Bonchev–Trinajstić information content (AvgIpc) is 3.40. The van der Waals surface area contributed by atoms with E-state index in [-0.39, 0.29) is 23.0 Å². The van der Waals surface area contributed by atoms with Gasteiger partial charge in [0.05, 0.1) is 6.17 Å². The van der Waals surface area contributed by atoms with Gasteiger partial charge in [0, 0.05) is 32.8 Å². The molecule has 3 unspecified atom stereocenters. The molecule has 1 saturated carbocycles. The molecule has 0 aromatic rings. The van der Waals surface area contributed by atoms with Gasteiger partial charge in [-0.25, -0.2) is 16.3 Å². The molecular formula is C19H37N7O2S. The van der Waals surface area contributed by atoms with Crippen LogP contribution in [-0.2, 0) is 9.53 Å². The average molecular weight is 428 g/mol. The van der Waals surface area contributed by atoms with Gasteiger partial charge in [-0.05, 0) is 38.0 Å². The monoisotopic (exact) mass is 427 g/mol. The molecule has 0 spiro atoms. The van der Waals surface area contributed by atoms with Gasteiger partial charge >= 0.3 is 0 Å². The fourth-order valence-electron chi connectivity index (χ4n) is 5.01. The van der Waals surface area contributed by atoms with Crippen LogP contribution in [0.1, 0.15) is 51.4 Å². The Morgan fingerprint density at radius 2 is 1.90 bits per heavy atom. The maximum Gasteiger partial charge on any atom is 0.251 e. The molecule has 6 N–H and O–H groups in total. The molecule has 9 nitrogen and oxygen atoms in total. The second-order valence-corrected chi connectivity index (χ2v) is 9.84. The van der Waals surface area contributed by atoms with E-state index in [4.69, 9.17) is 4.74 Å². The zero-order valence-corrected chi connectivity index (χ0v) is 18.2. The Bertz CT molecular complexity index is 531. The lowest BCUT2D eigenvalue weighted by Crippen LogP contribution is -2.55. The van der Waals surface area contributed by atoms with Crippen molar-refractivity contribution in [2.24, 2.45) is 5.92 Å². The van der Waals surface area contributed by atoms with Gasteiger partial charge in [-0.3, -0.25) is 20.4 Å². The first-order valence-electron chi connectivity index (χ1n) is 11.2. The third kappa shape index (κ3) is 5.82. The molecule has 1 amide bonds. The van der Waals surface area contributed by atoms with Crippen LogP contribution in [0.4, 0.5) is 0 Å². The molecular weight excluding hydrogens is 390 g/mol. The predicted molar refractivity (Wildman–Crippen MR) is 114 cm³/mol. The standard InChI is InChI=1S/C19H37N7O2S/c1-28-16(13-6-3-2-4-7-13)17(27)22-19-25-24-18(29-19)21-14-9-11-26(12-14)15-8-5-10-20-23-15/h13-16,18-21,23-25H,2-12H2,1H3,(H,22,27)/t14-,15?,16+,18?,19?/m1/s1. The molecule has 166 valence electrons. The van der Waals surface area contributed by atoms with Crippen molar-refractivity contribution in [2.75, 3.05) is 26.7 Å². The van der Waals surface area contributed by atoms with E-state index in [1.54, 1.807) is 18.9 Å². The summed E-state index contributed by atoms with van der Waals surface area (Å²) in [5.74, 6) is 0.337. The van der Waals surface area contributed by atoms with Gasteiger partial charge in [-0.15, -0.1) is 0 Å². The summed E-state index contributed by atoms with van der Waals surface area (Å²) in [6.07, 6.45) is 9.51. The number of amides is 1. The van der Waals surface area contributed by atoms with Gasteiger partial charge in [0.1, 0.15) is 17.1 Å². The highest BCUT2D eigenvalue weighted by atomic mass is 32.2. The van der Waals surface area contributed by atoms with Crippen LogP contribution in [0.25, 0.3) is 0 Å². The number of likely N-dealkylation sites (tertiary alicyclic amines) is 1. The normalized spacial score (nSPS) is 35.6. The molecule has 0 aromatic carbocycles. The molecule has 0 bridgehead atoms. The van der Waals surface area contributed by atoms with Crippen molar-refractivity contribution in [1.82, 2.24) is 37.2 Å². The number of hydrazine groups is 2. The number of hydrogen-bond donors (Lipinski definition) is 6. The maximum absolute atomic E-state index is 12.7. The van der Waals surface area contributed by atoms with E-state index in [1.807, 2.05) is 0 Å². The molecule has 29 heavy (non-hydrogen) atoms. The van der Waals surface area contributed by atoms with Crippen molar-refractivity contribution < 1.29 is 9.53 Å². The van der Waals surface area contributed by atoms with E-state index in [1.165, 1.54) is 32.1 Å². The van der Waals surface area contributed by atoms with Crippen LogP contribution in [-0.4, -0.2) is 66.9 Å². The van der Waals surface area contributed by atoms with E-state index < -0.39 is 0 Å². The van der Waals surface area contributed by atoms with Gasteiger partial charge in [0.2, 0.25) is 0 Å². The highest BCUT2D eigenvalue weighted by molar-refractivity contribution is 8.00. The number of ether oxygens (including phenoxy) is 1. The van der Waals surface area contributed by atoms with Crippen molar-refractivity contribution in [3.05, 3.63) is 0 Å². The summed E-state index contributed by atoms with van der Waals surface area (Å²) in [5.41, 5.74) is 13.1. The second kappa shape index (κ2) is 10.7. The van der Waals surface area contributed by atoms with E-state index in [0.717, 1.165) is 38.9 Å². The SMILES string of the molecule is CO[C@H](C(=O)NC1NNC(N[C@@H]2CCN(C3CCCNN3)C2)S1)C1CCCCC1. The number of thioether (sulfide) groups is 1. The van der Waals surface area contributed by atoms with Crippen molar-refractivity contribution in [3.8, 4) is 0 Å². The lowest BCUT2D eigenvalue weighted by molar-refractivity contribution is -0.135. The maximum atomic E-state index is 12.7. The summed E-state index contributed by atoms with van der Waals surface area (Å²) in [7, 11) is 1.65.